The van der Waals surface area contributed by atoms with Crippen molar-refractivity contribution in [2.24, 2.45) is 0 Å². The van der Waals surface area contributed by atoms with Crippen molar-refractivity contribution in [2.75, 3.05) is 17.6 Å². The lowest BCUT2D eigenvalue weighted by Crippen LogP contribution is -2.40. The molecule has 0 aliphatic heterocycles. The summed E-state index contributed by atoms with van der Waals surface area (Å²) in [4.78, 5) is 11.5. The van der Waals surface area contributed by atoms with Gasteiger partial charge >= 0.3 is 6.09 Å². The SMILES string of the molecule is CC(C)(C)OC(=O)NCCOC1(CI)CCCCC1. The van der Waals surface area contributed by atoms with Gasteiger partial charge in [0.1, 0.15) is 5.60 Å². The Hall–Kier alpha value is -0.0400. The highest BCUT2D eigenvalue weighted by Crippen LogP contribution is 2.33. The lowest BCUT2D eigenvalue weighted by atomic mass is 9.86. The Bertz CT molecular complexity index is 283. The zero-order valence-corrected chi connectivity index (χ0v) is 14.4. The lowest BCUT2D eigenvalue weighted by Gasteiger charge is -2.35. The van der Waals surface area contributed by atoms with Gasteiger partial charge in [-0.25, -0.2) is 4.79 Å². The van der Waals surface area contributed by atoms with Crippen LogP contribution in [0.2, 0.25) is 0 Å². The van der Waals surface area contributed by atoms with Crippen molar-refractivity contribution in [2.45, 2.75) is 64.1 Å². The van der Waals surface area contributed by atoms with Crippen LogP contribution in [0.5, 0.6) is 0 Å². The van der Waals surface area contributed by atoms with Gasteiger partial charge in [-0.1, -0.05) is 41.9 Å². The summed E-state index contributed by atoms with van der Waals surface area (Å²) in [6, 6.07) is 0. The smallest absolute Gasteiger partial charge is 0.407 e. The summed E-state index contributed by atoms with van der Waals surface area (Å²) in [5, 5.41) is 2.73. The van der Waals surface area contributed by atoms with Gasteiger partial charge in [-0.15, -0.1) is 0 Å². The lowest BCUT2D eigenvalue weighted by molar-refractivity contribution is -0.0488. The molecular formula is C14H26INO3. The Labute approximate surface area is 130 Å². The minimum absolute atomic E-state index is 0.0361. The van der Waals surface area contributed by atoms with E-state index < -0.39 is 5.60 Å². The molecule has 0 unspecified atom stereocenters. The van der Waals surface area contributed by atoms with Gasteiger partial charge in [-0.2, -0.15) is 0 Å². The highest BCUT2D eigenvalue weighted by Gasteiger charge is 2.31. The molecule has 0 aromatic rings. The van der Waals surface area contributed by atoms with Gasteiger partial charge in [0.05, 0.1) is 12.2 Å². The van der Waals surface area contributed by atoms with E-state index in [0.717, 1.165) is 17.3 Å². The van der Waals surface area contributed by atoms with Gasteiger partial charge < -0.3 is 14.8 Å². The van der Waals surface area contributed by atoms with E-state index in [1.807, 2.05) is 20.8 Å². The number of nitrogens with one attached hydrogen (secondary N) is 1. The van der Waals surface area contributed by atoms with Crippen molar-refractivity contribution >= 4 is 28.7 Å². The minimum Gasteiger partial charge on any atom is -0.444 e. The molecule has 0 aromatic carbocycles. The van der Waals surface area contributed by atoms with E-state index >= 15 is 0 Å². The van der Waals surface area contributed by atoms with Crippen LogP contribution < -0.4 is 5.32 Å². The first-order valence-corrected chi connectivity index (χ1v) is 8.56. The zero-order chi connectivity index (χ0) is 14.4. The van der Waals surface area contributed by atoms with Gasteiger partial charge in [-0.05, 0) is 33.6 Å². The molecule has 112 valence electrons. The van der Waals surface area contributed by atoms with E-state index in [0.29, 0.717) is 13.2 Å². The molecule has 1 amide bonds. The van der Waals surface area contributed by atoms with Gasteiger partial charge in [0.2, 0.25) is 0 Å². The third-order valence-corrected chi connectivity index (χ3v) is 4.58. The van der Waals surface area contributed by atoms with E-state index in [9.17, 15) is 4.79 Å². The second-order valence-electron chi connectivity index (χ2n) is 6.15. The van der Waals surface area contributed by atoms with E-state index in [1.54, 1.807) is 0 Å². The van der Waals surface area contributed by atoms with Gasteiger partial charge in [0.25, 0.3) is 0 Å². The summed E-state index contributed by atoms with van der Waals surface area (Å²) in [6.45, 7) is 6.64. The molecule has 5 heteroatoms. The number of hydrogen-bond donors (Lipinski definition) is 1. The fraction of sp³-hybridized carbons (Fsp3) is 0.929. The molecule has 0 saturated heterocycles. The van der Waals surface area contributed by atoms with Crippen LogP contribution in [0, 0.1) is 0 Å². The van der Waals surface area contributed by atoms with Crippen LogP contribution in [0.15, 0.2) is 0 Å². The van der Waals surface area contributed by atoms with Crippen molar-refractivity contribution in [3.05, 3.63) is 0 Å². The molecule has 0 aromatic heterocycles. The van der Waals surface area contributed by atoms with Crippen molar-refractivity contribution in [3.63, 3.8) is 0 Å². The molecule has 4 nitrogen and oxygen atoms in total. The second-order valence-corrected chi connectivity index (χ2v) is 6.92. The Balaban J connectivity index is 2.20. The quantitative estimate of drug-likeness (QED) is 0.448. The molecule has 0 radical (unpaired) electrons. The maximum absolute atomic E-state index is 11.5. The topological polar surface area (TPSA) is 47.6 Å². The normalized spacial score (nSPS) is 18.9. The molecule has 1 saturated carbocycles. The Morgan fingerprint density at radius 3 is 2.42 bits per heavy atom. The zero-order valence-electron chi connectivity index (χ0n) is 12.3. The van der Waals surface area contributed by atoms with Crippen LogP contribution in [-0.2, 0) is 9.47 Å². The molecule has 1 rings (SSSR count). The van der Waals surface area contributed by atoms with Crippen molar-refractivity contribution in [1.29, 1.82) is 0 Å². The van der Waals surface area contributed by atoms with Crippen LogP contribution in [-0.4, -0.2) is 34.9 Å². The molecule has 0 atom stereocenters. The summed E-state index contributed by atoms with van der Waals surface area (Å²) in [7, 11) is 0. The molecular weight excluding hydrogens is 357 g/mol. The Kier molecular flexibility index (Phi) is 6.86. The number of carbonyl (C=O) groups excluding carboxylic acids is 1. The maximum Gasteiger partial charge on any atom is 0.407 e. The Morgan fingerprint density at radius 1 is 1.26 bits per heavy atom. The van der Waals surface area contributed by atoms with E-state index in [1.165, 1.54) is 19.3 Å². The standard InChI is InChI=1S/C14H26INO3/c1-13(2,3)19-12(17)16-9-10-18-14(11-15)7-5-4-6-8-14/h4-11H2,1-3H3,(H,16,17). The number of amides is 1. The summed E-state index contributed by atoms with van der Waals surface area (Å²) in [6.07, 6.45) is 5.73. The number of halogens is 1. The highest BCUT2D eigenvalue weighted by atomic mass is 127. The molecule has 19 heavy (non-hydrogen) atoms. The largest absolute Gasteiger partial charge is 0.444 e. The van der Waals surface area contributed by atoms with Crippen LogP contribution in [0.1, 0.15) is 52.9 Å². The first kappa shape index (κ1) is 17.0. The number of alkyl carbamates (subject to hydrolysis) is 1. The molecule has 0 heterocycles. The third kappa shape index (κ3) is 6.79. The maximum atomic E-state index is 11.5. The third-order valence-electron chi connectivity index (χ3n) is 3.19. The van der Waals surface area contributed by atoms with Crippen LogP contribution in [0.25, 0.3) is 0 Å². The molecule has 0 bridgehead atoms. The molecule has 1 fully saturated rings. The number of rotatable bonds is 5. The van der Waals surface area contributed by atoms with Crippen molar-refractivity contribution in [3.8, 4) is 0 Å². The molecule has 0 spiro atoms. The minimum atomic E-state index is -0.447. The number of hydrogen-bond acceptors (Lipinski definition) is 3. The summed E-state index contributed by atoms with van der Waals surface area (Å²) < 4.78 is 12.2. The fourth-order valence-electron chi connectivity index (χ4n) is 2.25. The first-order chi connectivity index (χ1) is 8.87. The van der Waals surface area contributed by atoms with Crippen molar-refractivity contribution < 1.29 is 14.3 Å². The fourth-order valence-corrected chi connectivity index (χ4v) is 3.23. The summed E-state index contributed by atoms with van der Waals surface area (Å²) in [5.41, 5.74) is -0.411. The average molecular weight is 383 g/mol. The summed E-state index contributed by atoms with van der Waals surface area (Å²) in [5.74, 6) is 0. The number of ether oxygens (including phenoxy) is 2. The second kappa shape index (κ2) is 7.67. The van der Waals surface area contributed by atoms with Gasteiger partial charge in [0.15, 0.2) is 0 Å². The number of alkyl halides is 1. The van der Waals surface area contributed by atoms with Gasteiger partial charge in [-0.3, -0.25) is 0 Å². The summed E-state index contributed by atoms with van der Waals surface area (Å²) >= 11 is 2.41. The highest BCUT2D eigenvalue weighted by molar-refractivity contribution is 14.1. The first-order valence-electron chi connectivity index (χ1n) is 7.04. The van der Waals surface area contributed by atoms with Crippen LogP contribution in [0.3, 0.4) is 0 Å². The van der Waals surface area contributed by atoms with Crippen LogP contribution in [0.4, 0.5) is 4.79 Å². The molecule has 1 aliphatic carbocycles. The Morgan fingerprint density at radius 2 is 1.89 bits per heavy atom. The van der Waals surface area contributed by atoms with E-state index in [-0.39, 0.29) is 11.7 Å². The predicted octanol–water partition coefficient (Wildman–Crippen LogP) is 3.67. The predicted molar refractivity (Wildman–Crippen MR) is 84.9 cm³/mol. The number of carbonyl (C=O) groups is 1. The van der Waals surface area contributed by atoms with Crippen LogP contribution >= 0.6 is 22.6 Å². The monoisotopic (exact) mass is 383 g/mol. The van der Waals surface area contributed by atoms with E-state index in [4.69, 9.17) is 9.47 Å². The van der Waals surface area contributed by atoms with Crippen molar-refractivity contribution in [1.82, 2.24) is 5.32 Å². The average Bonchev–Trinajstić information content (AvgIpc) is 2.34. The molecule has 1 aliphatic rings. The van der Waals surface area contributed by atoms with E-state index in [2.05, 4.69) is 27.9 Å². The molecule has 1 N–H and O–H groups in total. The van der Waals surface area contributed by atoms with Gasteiger partial charge in [0, 0.05) is 11.0 Å².